The topological polar surface area (TPSA) is 50.4 Å². The molecule has 0 amide bonds. The SMILES string of the molecule is O=c1oc(-c2ccccc2)cc(O)c1CSC1(C2CCCC2)CCCC1. The molecule has 0 atom stereocenters. The highest BCUT2D eigenvalue weighted by atomic mass is 32.2. The summed E-state index contributed by atoms with van der Waals surface area (Å²) >= 11 is 1.89. The van der Waals surface area contributed by atoms with Crippen molar-refractivity contribution >= 4 is 11.8 Å². The molecule has 0 aliphatic heterocycles. The molecule has 2 fully saturated rings. The van der Waals surface area contributed by atoms with E-state index < -0.39 is 5.63 Å². The first-order chi connectivity index (χ1) is 12.7. The molecule has 1 aromatic heterocycles. The van der Waals surface area contributed by atoms with Gasteiger partial charge in [0.25, 0.3) is 0 Å². The van der Waals surface area contributed by atoms with Crippen molar-refractivity contribution in [2.45, 2.75) is 61.9 Å². The molecule has 4 heteroatoms. The molecule has 2 saturated carbocycles. The van der Waals surface area contributed by atoms with Gasteiger partial charge in [0.05, 0.1) is 5.56 Å². The van der Waals surface area contributed by atoms with Gasteiger partial charge in [-0.25, -0.2) is 4.79 Å². The minimum atomic E-state index is -0.407. The number of thioether (sulfide) groups is 1. The Balaban J connectivity index is 1.55. The molecule has 0 spiro atoms. The van der Waals surface area contributed by atoms with Crippen LogP contribution in [0.1, 0.15) is 56.9 Å². The molecule has 138 valence electrons. The Kier molecular flexibility index (Phi) is 5.12. The summed E-state index contributed by atoms with van der Waals surface area (Å²) in [5.41, 5.74) is 0.812. The van der Waals surface area contributed by atoms with Crippen LogP contribution >= 0.6 is 11.8 Å². The van der Waals surface area contributed by atoms with Crippen LogP contribution in [0.15, 0.2) is 45.6 Å². The fraction of sp³-hybridized carbons (Fsp3) is 0.500. The average Bonchev–Trinajstić information content (AvgIpc) is 3.34. The van der Waals surface area contributed by atoms with Crippen LogP contribution in [0, 0.1) is 5.92 Å². The quantitative estimate of drug-likeness (QED) is 0.728. The minimum absolute atomic E-state index is 0.0622. The highest BCUT2D eigenvalue weighted by Crippen LogP contribution is 2.53. The lowest BCUT2D eigenvalue weighted by molar-refractivity contribution is 0.389. The van der Waals surface area contributed by atoms with Crippen LogP contribution in [-0.2, 0) is 5.75 Å². The number of hydrogen-bond acceptors (Lipinski definition) is 4. The number of hydrogen-bond donors (Lipinski definition) is 1. The molecule has 0 radical (unpaired) electrons. The van der Waals surface area contributed by atoms with Crippen molar-refractivity contribution in [3.05, 3.63) is 52.4 Å². The predicted octanol–water partition coefficient (Wildman–Crippen LogP) is 5.75. The van der Waals surface area contributed by atoms with Gasteiger partial charge in [-0.05, 0) is 31.6 Å². The zero-order chi connectivity index (χ0) is 18.0. The van der Waals surface area contributed by atoms with Crippen LogP contribution in [-0.4, -0.2) is 9.85 Å². The summed E-state index contributed by atoms with van der Waals surface area (Å²) < 4.78 is 5.82. The molecule has 2 aromatic rings. The lowest BCUT2D eigenvalue weighted by Crippen LogP contribution is -2.30. The van der Waals surface area contributed by atoms with E-state index in [1.165, 1.54) is 51.4 Å². The highest BCUT2D eigenvalue weighted by Gasteiger charge is 2.42. The second-order valence-corrected chi connectivity index (χ2v) is 9.06. The number of aromatic hydroxyl groups is 1. The molecular formula is C22H26O3S. The third-order valence-electron chi connectivity index (χ3n) is 6.14. The highest BCUT2D eigenvalue weighted by molar-refractivity contribution is 7.99. The Morgan fingerprint density at radius 3 is 2.42 bits per heavy atom. The summed E-state index contributed by atoms with van der Waals surface area (Å²) in [6, 6.07) is 11.0. The van der Waals surface area contributed by atoms with E-state index in [1.807, 2.05) is 42.1 Å². The normalized spacial score (nSPS) is 19.8. The van der Waals surface area contributed by atoms with E-state index in [0.717, 1.165) is 11.5 Å². The zero-order valence-electron chi connectivity index (χ0n) is 15.1. The van der Waals surface area contributed by atoms with Crippen LogP contribution < -0.4 is 5.63 Å². The average molecular weight is 371 g/mol. The molecule has 0 bridgehead atoms. The minimum Gasteiger partial charge on any atom is -0.507 e. The van der Waals surface area contributed by atoms with Gasteiger partial charge in [0.2, 0.25) is 0 Å². The molecule has 2 aliphatic carbocycles. The van der Waals surface area contributed by atoms with Crippen molar-refractivity contribution in [1.29, 1.82) is 0 Å². The molecule has 1 aromatic carbocycles. The van der Waals surface area contributed by atoms with Gasteiger partial charge in [-0.1, -0.05) is 56.0 Å². The molecule has 2 aliphatic rings. The lowest BCUT2D eigenvalue weighted by Gasteiger charge is -2.35. The molecule has 0 unspecified atom stereocenters. The van der Waals surface area contributed by atoms with Crippen molar-refractivity contribution in [1.82, 2.24) is 0 Å². The monoisotopic (exact) mass is 370 g/mol. The first-order valence-corrected chi connectivity index (χ1v) is 10.7. The van der Waals surface area contributed by atoms with E-state index in [1.54, 1.807) is 6.07 Å². The third kappa shape index (κ3) is 3.44. The second kappa shape index (κ2) is 7.51. The van der Waals surface area contributed by atoms with Crippen molar-refractivity contribution < 1.29 is 9.52 Å². The van der Waals surface area contributed by atoms with E-state index in [-0.39, 0.29) is 5.75 Å². The van der Waals surface area contributed by atoms with E-state index in [0.29, 0.717) is 21.8 Å². The van der Waals surface area contributed by atoms with Crippen LogP contribution in [0.25, 0.3) is 11.3 Å². The Morgan fingerprint density at radius 2 is 1.77 bits per heavy atom. The number of benzene rings is 1. The summed E-state index contributed by atoms with van der Waals surface area (Å²) in [7, 11) is 0. The first-order valence-electron chi connectivity index (χ1n) is 9.73. The molecule has 3 nitrogen and oxygen atoms in total. The molecule has 0 saturated heterocycles. The number of rotatable bonds is 5. The molecule has 4 rings (SSSR count). The van der Waals surface area contributed by atoms with Crippen LogP contribution in [0.3, 0.4) is 0 Å². The van der Waals surface area contributed by atoms with Gasteiger partial charge in [0, 0.05) is 22.1 Å². The summed E-state index contributed by atoms with van der Waals surface area (Å²) in [5, 5.41) is 10.5. The maximum Gasteiger partial charge on any atom is 0.344 e. The van der Waals surface area contributed by atoms with Gasteiger partial charge >= 0.3 is 5.63 Å². The van der Waals surface area contributed by atoms with Crippen molar-refractivity contribution in [2.75, 3.05) is 0 Å². The van der Waals surface area contributed by atoms with Crippen molar-refractivity contribution in [2.24, 2.45) is 5.92 Å². The van der Waals surface area contributed by atoms with Crippen molar-refractivity contribution in [3.8, 4) is 17.1 Å². The fourth-order valence-corrected chi connectivity index (χ4v) is 6.44. The molecule has 26 heavy (non-hydrogen) atoms. The summed E-state index contributed by atoms with van der Waals surface area (Å²) in [4.78, 5) is 12.5. The maximum absolute atomic E-state index is 12.5. The summed E-state index contributed by atoms with van der Waals surface area (Å²) in [5.74, 6) is 1.80. The largest absolute Gasteiger partial charge is 0.507 e. The summed E-state index contributed by atoms with van der Waals surface area (Å²) in [6.45, 7) is 0. The van der Waals surface area contributed by atoms with E-state index in [4.69, 9.17) is 4.42 Å². The van der Waals surface area contributed by atoms with Crippen LogP contribution in [0.5, 0.6) is 5.75 Å². The molecule has 1 heterocycles. The standard InChI is InChI=1S/C22H26O3S/c23-19-14-20(16-8-2-1-3-9-16)25-21(24)18(19)15-26-22(12-6-7-13-22)17-10-4-5-11-17/h1-3,8-9,14,17,23H,4-7,10-13,15H2. The van der Waals surface area contributed by atoms with Gasteiger partial charge in [-0.15, -0.1) is 11.8 Å². The Labute approximate surface area is 158 Å². The van der Waals surface area contributed by atoms with Gasteiger partial charge in [0.1, 0.15) is 11.5 Å². The lowest BCUT2D eigenvalue weighted by atomic mass is 9.88. The van der Waals surface area contributed by atoms with E-state index >= 15 is 0 Å². The van der Waals surface area contributed by atoms with Crippen LogP contribution in [0.4, 0.5) is 0 Å². The Bertz CT molecular complexity index is 800. The first kappa shape index (κ1) is 17.7. The molecular weight excluding hydrogens is 344 g/mol. The second-order valence-electron chi connectivity index (χ2n) is 7.67. The van der Waals surface area contributed by atoms with Gasteiger partial charge in [-0.2, -0.15) is 0 Å². The maximum atomic E-state index is 12.5. The van der Waals surface area contributed by atoms with E-state index in [2.05, 4.69) is 0 Å². The zero-order valence-corrected chi connectivity index (χ0v) is 15.9. The Hall–Kier alpha value is -1.68. The van der Waals surface area contributed by atoms with Gasteiger partial charge in [0.15, 0.2) is 0 Å². The van der Waals surface area contributed by atoms with E-state index in [9.17, 15) is 9.90 Å². The smallest absolute Gasteiger partial charge is 0.344 e. The summed E-state index contributed by atoms with van der Waals surface area (Å²) in [6.07, 6.45) is 10.4. The van der Waals surface area contributed by atoms with Gasteiger partial charge < -0.3 is 9.52 Å². The fourth-order valence-electron chi connectivity index (χ4n) is 4.70. The Morgan fingerprint density at radius 1 is 1.08 bits per heavy atom. The molecule has 1 N–H and O–H groups in total. The van der Waals surface area contributed by atoms with Gasteiger partial charge in [-0.3, -0.25) is 0 Å². The van der Waals surface area contributed by atoms with Crippen LogP contribution in [0.2, 0.25) is 0 Å². The van der Waals surface area contributed by atoms with Crippen molar-refractivity contribution in [3.63, 3.8) is 0 Å². The third-order valence-corrected chi connectivity index (χ3v) is 7.89. The predicted molar refractivity (Wildman–Crippen MR) is 107 cm³/mol.